The van der Waals surface area contributed by atoms with Crippen LogP contribution < -0.4 is 0 Å². The Morgan fingerprint density at radius 2 is 2.16 bits per heavy atom. The van der Waals surface area contributed by atoms with Crippen LogP contribution in [0.1, 0.15) is 23.6 Å². The minimum Gasteiger partial charge on any atom is -0.332 e. The smallest absolute Gasteiger partial charge is 0.238 e. The minimum atomic E-state index is -0.856. The summed E-state index contributed by atoms with van der Waals surface area (Å²) in [6, 6.07) is 1.98. The molecule has 1 atom stereocenters. The second kappa shape index (κ2) is 7.25. The van der Waals surface area contributed by atoms with Gasteiger partial charge in [-0.05, 0) is 25.5 Å². The van der Waals surface area contributed by atoms with E-state index in [-0.39, 0.29) is 35.0 Å². The summed E-state index contributed by atoms with van der Waals surface area (Å²) in [5.41, 5.74) is -0.239. The third-order valence-electron chi connectivity index (χ3n) is 4.45. The first-order valence-electron chi connectivity index (χ1n) is 7.78. The van der Waals surface area contributed by atoms with Gasteiger partial charge in [-0.15, -0.1) is 21.8 Å². The molecule has 2 heterocycles. The Hall–Kier alpha value is -1.73. The van der Waals surface area contributed by atoms with Crippen LogP contribution in [0.5, 0.6) is 0 Å². The van der Waals surface area contributed by atoms with Crippen LogP contribution in [0.15, 0.2) is 12.1 Å². The molecule has 9 heteroatoms. The highest BCUT2D eigenvalue weighted by Crippen LogP contribution is 2.26. The van der Waals surface area contributed by atoms with Crippen LogP contribution in [0.3, 0.4) is 0 Å². The largest absolute Gasteiger partial charge is 0.332 e. The Labute approximate surface area is 153 Å². The SMILES string of the molecule is Cc1nnc2n1CC(N(Cc1c(F)ccc(Cl)c1F)C(=O)CCl)CC2. The average Bonchev–Trinajstić information content (AvgIpc) is 2.98. The molecule has 1 aromatic heterocycles. The number of nitrogens with zero attached hydrogens (tertiary/aromatic N) is 4. The van der Waals surface area contributed by atoms with Crippen LogP contribution in [-0.2, 0) is 24.3 Å². The third kappa shape index (κ3) is 3.48. The molecule has 0 saturated heterocycles. The number of aromatic nitrogens is 3. The van der Waals surface area contributed by atoms with Gasteiger partial charge in [-0.1, -0.05) is 11.6 Å². The van der Waals surface area contributed by atoms with E-state index in [1.54, 1.807) is 0 Å². The lowest BCUT2D eigenvalue weighted by Gasteiger charge is -2.35. The number of benzene rings is 1. The van der Waals surface area contributed by atoms with E-state index in [4.69, 9.17) is 23.2 Å². The molecule has 2 aromatic rings. The maximum atomic E-state index is 14.2. The molecule has 0 fully saturated rings. The zero-order valence-corrected chi connectivity index (χ0v) is 15.0. The number of amides is 1. The molecule has 25 heavy (non-hydrogen) atoms. The first-order chi connectivity index (χ1) is 11.9. The number of hydrogen-bond donors (Lipinski definition) is 0. The van der Waals surface area contributed by atoms with Crippen molar-refractivity contribution in [2.24, 2.45) is 0 Å². The third-order valence-corrected chi connectivity index (χ3v) is 4.97. The van der Waals surface area contributed by atoms with Crippen molar-refractivity contribution in [2.45, 2.75) is 38.9 Å². The van der Waals surface area contributed by atoms with Crippen molar-refractivity contribution in [1.29, 1.82) is 0 Å². The maximum absolute atomic E-state index is 14.2. The van der Waals surface area contributed by atoms with Gasteiger partial charge in [0.1, 0.15) is 29.2 Å². The molecule has 1 aromatic carbocycles. The molecular formula is C16H16Cl2F2N4O. The molecule has 0 bridgehead atoms. The van der Waals surface area contributed by atoms with Crippen molar-refractivity contribution < 1.29 is 13.6 Å². The highest BCUT2D eigenvalue weighted by Gasteiger charge is 2.30. The summed E-state index contributed by atoms with van der Waals surface area (Å²) in [4.78, 5) is 13.7. The van der Waals surface area contributed by atoms with E-state index in [9.17, 15) is 13.6 Å². The van der Waals surface area contributed by atoms with E-state index >= 15 is 0 Å². The van der Waals surface area contributed by atoms with Crippen molar-refractivity contribution in [1.82, 2.24) is 19.7 Å². The van der Waals surface area contributed by atoms with E-state index < -0.39 is 11.6 Å². The summed E-state index contributed by atoms with van der Waals surface area (Å²) in [6.45, 7) is 2.05. The molecular weight excluding hydrogens is 373 g/mol. The van der Waals surface area contributed by atoms with E-state index in [1.165, 1.54) is 4.90 Å². The van der Waals surface area contributed by atoms with Crippen molar-refractivity contribution in [2.75, 3.05) is 5.88 Å². The van der Waals surface area contributed by atoms with Gasteiger partial charge in [0.05, 0.1) is 17.6 Å². The maximum Gasteiger partial charge on any atom is 0.238 e. The predicted molar refractivity (Wildman–Crippen MR) is 89.5 cm³/mol. The van der Waals surface area contributed by atoms with Crippen molar-refractivity contribution in [3.05, 3.63) is 46.0 Å². The molecule has 3 rings (SSSR count). The topological polar surface area (TPSA) is 51.0 Å². The Kier molecular flexibility index (Phi) is 5.24. The number of hydrogen-bond acceptors (Lipinski definition) is 3. The lowest BCUT2D eigenvalue weighted by atomic mass is 10.0. The quantitative estimate of drug-likeness (QED) is 0.597. The molecule has 1 amide bonds. The van der Waals surface area contributed by atoms with Crippen LogP contribution >= 0.6 is 23.2 Å². The number of carbonyl (C=O) groups excluding carboxylic acids is 1. The Balaban J connectivity index is 1.91. The molecule has 1 aliphatic rings. The zero-order chi connectivity index (χ0) is 18.1. The summed E-state index contributed by atoms with van der Waals surface area (Å²) < 4.78 is 30.2. The molecule has 5 nitrogen and oxygen atoms in total. The molecule has 0 aliphatic carbocycles. The first kappa shape index (κ1) is 18.1. The fraction of sp³-hybridized carbons (Fsp3) is 0.438. The monoisotopic (exact) mass is 388 g/mol. The Bertz CT molecular complexity index is 812. The van der Waals surface area contributed by atoms with E-state index in [2.05, 4.69) is 10.2 Å². The van der Waals surface area contributed by atoms with Gasteiger partial charge in [0, 0.05) is 18.5 Å². The van der Waals surface area contributed by atoms with Gasteiger partial charge in [-0.3, -0.25) is 4.79 Å². The minimum absolute atomic E-state index is 0.185. The first-order valence-corrected chi connectivity index (χ1v) is 8.70. The van der Waals surface area contributed by atoms with Gasteiger partial charge < -0.3 is 9.47 Å². The molecule has 1 aliphatic heterocycles. The van der Waals surface area contributed by atoms with Gasteiger partial charge in [0.15, 0.2) is 0 Å². The molecule has 1 unspecified atom stereocenters. The molecule has 0 N–H and O–H groups in total. The number of aryl methyl sites for hydroxylation is 2. The summed E-state index contributed by atoms with van der Waals surface area (Å²) in [5, 5.41) is 7.93. The summed E-state index contributed by atoms with van der Waals surface area (Å²) in [6.07, 6.45) is 1.24. The predicted octanol–water partition coefficient (Wildman–Crippen LogP) is 3.10. The number of rotatable bonds is 4. The standard InChI is InChI=1S/C16H16Cl2F2N4O/c1-9-21-22-14-5-2-10(7-23(9)14)24(15(25)6-17)8-11-13(19)4-3-12(18)16(11)20/h3-4,10H,2,5-8H2,1H3. The number of carbonyl (C=O) groups is 1. The van der Waals surface area contributed by atoms with Crippen LogP contribution in [0.2, 0.25) is 5.02 Å². The fourth-order valence-corrected chi connectivity index (χ4v) is 3.41. The van der Waals surface area contributed by atoms with Crippen molar-refractivity contribution >= 4 is 29.1 Å². The lowest BCUT2D eigenvalue weighted by molar-refractivity contribution is -0.132. The van der Waals surface area contributed by atoms with Gasteiger partial charge in [-0.25, -0.2) is 8.78 Å². The van der Waals surface area contributed by atoms with Gasteiger partial charge in [-0.2, -0.15) is 0 Å². The van der Waals surface area contributed by atoms with Crippen molar-refractivity contribution in [3.8, 4) is 0 Å². The molecule has 0 spiro atoms. The second-order valence-electron chi connectivity index (χ2n) is 5.94. The normalized spacial score (nSPS) is 16.6. The number of alkyl halides is 1. The average molecular weight is 389 g/mol. The van der Waals surface area contributed by atoms with Gasteiger partial charge >= 0.3 is 0 Å². The zero-order valence-electron chi connectivity index (χ0n) is 13.5. The summed E-state index contributed by atoms with van der Waals surface area (Å²) in [5.74, 6) is -0.684. The summed E-state index contributed by atoms with van der Waals surface area (Å²) >= 11 is 11.5. The highest BCUT2D eigenvalue weighted by molar-refractivity contribution is 6.30. The Morgan fingerprint density at radius 3 is 2.88 bits per heavy atom. The fourth-order valence-electron chi connectivity index (χ4n) is 3.08. The summed E-state index contributed by atoms with van der Waals surface area (Å²) in [7, 11) is 0. The highest BCUT2D eigenvalue weighted by atomic mass is 35.5. The lowest BCUT2D eigenvalue weighted by Crippen LogP contribution is -2.45. The van der Waals surface area contributed by atoms with E-state index in [0.717, 1.165) is 23.8 Å². The van der Waals surface area contributed by atoms with Crippen molar-refractivity contribution in [3.63, 3.8) is 0 Å². The van der Waals surface area contributed by atoms with Gasteiger partial charge in [0.25, 0.3) is 0 Å². The Morgan fingerprint density at radius 1 is 1.40 bits per heavy atom. The number of fused-ring (bicyclic) bond motifs is 1. The van der Waals surface area contributed by atoms with Gasteiger partial charge in [0.2, 0.25) is 5.91 Å². The molecule has 0 radical (unpaired) electrons. The van der Waals surface area contributed by atoms with Crippen LogP contribution in [0.4, 0.5) is 8.78 Å². The van der Waals surface area contributed by atoms with E-state index in [0.29, 0.717) is 19.4 Å². The molecule has 0 saturated carbocycles. The van der Waals surface area contributed by atoms with Crippen LogP contribution in [-0.4, -0.2) is 37.5 Å². The number of halogens is 4. The van der Waals surface area contributed by atoms with Crippen LogP contribution in [0, 0.1) is 18.6 Å². The van der Waals surface area contributed by atoms with Crippen LogP contribution in [0.25, 0.3) is 0 Å². The second-order valence-corrected chi connectivity index (χ2v) is 6.62. The van der Waals surface area contributed by atoms with E-state index in [1.807, 2.05) is 11.5 Å². The molecule has 134 valence electrons.